The summed E-state index contributed by atoms with van der Waals surface area (Å²) in [6, 6.07) is 2.76. The predicted molar refractivity (Wildman–Crippen MR) is 90.2 cm³/mol. The van der Waals surface area contributed by atoms with Crippen molar-refractivity contribution in [3.63, 3.8) is 0 Å². The van der Waals surface area contributed by atoms with E-state index >= 15 is 0 Å². The van der Waals surface area contributed by atoms with Crippen LogP contribution in [0.2, 0.25) is 0 Å². The van der Waals surface area contributed by atoms with Gasteiger partial charge in [0, 0.05) is 18.9 Å². The third-order valence-electron chi connectivity index (χ3n) is 4.23. The summed E-state index contributed by atoms with van der Waals surface area (Å²) in [5.41, 5.74) is 0.975. The Balaban J connectivity index is 1.73. The minimum atomic E-state index is -3.93. The van der Waals surface area contributed by atoms with Crippen LogP contribution in [0, 0.1) is 11.6 Å². The van der Waals surface area contributed by atoms with Crippen molar-refractivity contribution in [3.8, 4) is 6.01 Å². The molecule has 1 aliphatic rings. The number of hydrogen-bond acceptors (Lipinski definition) is 5. The predicted octanol–water partition coefficient (Wildman–Crippen LogP) is 2.55. The van der Waals surface area contributed by atoms with Crippen molar-refractivity contribution in [3.05, 3.63) is 47.8 Å². The second kappa shape index (κ2) is 7.63. The van der Waals surface area contributed by atoms with Gasteiger partial charge in [-0.3, -0.25) is 0 Å². The minimum Gasteiger partial charge on any atom is -0.459 e. The molecular weight excluding hydrogens is 364 g/mol. The molecule has 2 heterocycles. The van der Waals surface area contributed by atoms with Crippen molar-refractivity contribution in [2.45, 2.75) is 37.2 Å². The van der Waals surface area contributed by atoms with Gasteiger partial charge in [-0.15, -0.1) is 0 Å². The molecule has 0 aliphatic carbocycles. The molecule has 1 aromatic carbocycles. The Morgan fingerprint density at radius 1 is 1.23 bits per heavy atom. The van der Waals surface area contributed by atoms with E-state index in [4.69, 9.17) is 4.74 Å². The van der Waals surface area contributed by atoms with Gasteiger partial charge >= 0.3 is 6.01 Å². The van der Waals surface area contributed by atoms with E-state index in [0.717, 1.165) is 24.1 Å². The number of ether oxygens (including phenoxy) is 1. The molecule has 0 spiro atoms. The molecule has 1 aliphatic heterocycles. The van der Waals surface area contributed by atoms with Crippen molar-refractivity contribution < 1.29 is 21.9 Å². The SMILES string of the molecule is CCc1cnc(OC2CCCN(S(=O)(=O)c3ccc(F)c(F)c3)C2)nc1. The number of hydrogen-bond donors (Lipinski definition) is 0. The maximum atomic E-state index is 13.4. The van der Waals surface area contributed by atoms with Crippen LogP contribution in [0.1, 0.15) is 25.3 Å². The highest BCUT2D eigenvalue weighted by Crippen LogP contribution is 2.23. The molecule has 1 saturated heterocycles. The van der Waals surface area contributed by atoms with E-state index in [2.05, 4.69) is 9.97 Å². The van der Waals surface area contributed by atoms with Gasteiger partial charge in [-0.2, -0.15) is 4.31 Å². The number of rotatable bonds is 5. The summed E-state index contributed by atoms with van der Waals surface area (Å²) in [6.07, 6.45) is 4.98. The summed E-state index contributed by atoms with van der Waals surface area (Å²) in [6.45, 7) is 2.37. The van der Waals surface area contributed by atoms with Crippen LogP contribution in [0.25, 0.3) is 0 Å². The lowest BCUT2D eigenvalue weighted by Crippen LogP contribution is -2.44. The van der Waals surface area contributed by atoms with Gasteiger partial charge < -0.3 is 4.74 Å². The molecule has 1 unspecified atom stereocenters. The van der Waals surface area contributed by atoms with Gasteiger partial charge in [0.05, 0.1) is 11.4 Å². The number of benzene rings is 1. The van der Waals surface area contributed by atoms with E-state index in [9.17, 15) is 17.2 Å². The van der Waals surface area contributed by atoms with Crippen LogP contribution in [0.5, 0.6) is 6.01 Å². The second-order valence-corrected chi connectivity index (χ2v) is 7.99. The Bertz CT molecular complexity index is 875. The third-order valence-corrected chi connectivity index (χ3v) is 6.09. The number of sulfonamides is 1. The van der Waals surface area contributed by atoms with Gasteiger partial charge in [0.1, 0.15) is 6.10 Å². The summed E-state index contributed by atoms with van der Waals surface area (Å²) in [5.74, 6) is -2.28. The first-order valence-corrected chi connectivity index (χ1v) is 9.77. The van der Waals surface area contributed by atoms with E-state index in [-0.39, 0.29) is 24.0 Å². The van der Waals surface area contributed by atoms with Crippen LogP contribution in [0.4, 0.5) is 8.78 Å². The molecule has 2 aromatic rings. The molecule has 9 heteroatoms. The fraction of sp³-hybridized carbons (Fsp3) is 0.412. The molecule has 26 heavy (non-hydrogen) atoms. The van der Waals surface area contributed by atoms with Gasteiger partial charge in [-0.05, 0) is 43.0 Å². The highest BCUT2D eigenvalue weighted by Gasteiger charge is 2.32. The molecule has 3 rings (SSSR count). The zero-order valence-corrected chi connectivity index (χ0v) is 15.0. The molecule has 6 nitrogen and oxygen atoms in total. The Labute approximate surface area is 150 Å². The normalized spacial score (nSPS) is 18.7. The van der Waals surface area contributed by atoms with Crippen molar-refractivity contribution in [2.24, 2.45) is 0 Å². The summed E-state index contributed by atoms with van der Waals surface area (Å²) in [5, 5.41) is 0. The Hall–Kier alpha value is -2.13. The summed E-state index contributed by atoms with van der Waals surface area (Å²) in [7, 11) is -3.93. The van der Waals surface area contributed by atoms with Crippen molar-refractivity contribution in [1.29, 1.82) is 0 Å². The number of aromatic nitrogens is 2. The smallest absolute Gasteiger partial charge is 0.316 e. The van der Waals surface area contributed by atoms with Gasteiger partial charge in [0.25, 0.3) is 0 Å². The molecule has 0 bridgehead atoms. The fourth-order valence-electron chi connectivity index (χ4n) is 2.74. The van der Waals surface area contributed by atoms with Crippen LogP contribution < -0.4 is 4.74 Å². The summed E-state index contributed by atoms with van der Waals surface area (Å²) in [4.78, 5) is 7.96. The van der Waals surface area contributed by atoms with Crippen molar-refractivity contribution in [1.82, 2.24) is 14.3 Å². The van der Waals surface area contributed by atoms with Gasteiger partial charge in [-0.1, -0.05) is 6.92 Å². The lowest BCUT2D eigenvalue weighted by Gasteiger charge is -2.31. The standard InChI is InChI=1S/C17H19F2N3O3S/c1-2-12-9-20-17(21-10-12)25-13-4-3-7-22(11-13)26(23,24)14-5-6-15(18)16(19)8-14/h5-6,8-10,13H,2-4,7,11H2,1H3. The molecule has 0 N–H and O–H groups in total. The number of nitrogens with zero attached hydrogens (tertiary/aromatic N) is 3. The van der Waals surface area contributed by atoms with Crippen molar-refractivity contribution in [2.75, 3.05) is 13.1 Å². The number of halogens is 2. The monoisotopic (exact) mass is 383 g/mol. The Kier molecular flexibility index (Phi) is 5.47. The first kappa shape index (κ1) is 18.7. The second-order valence-electron chi connectivity index (χ2n) is 6.05. The van der Waals surface area contributed by atoms with Crippen LogP contribution in [0.3, 0.4) is 0 Å². The quantitative estimate of drug-likeness (QED) is 0.793. The van der Waals surface area contributed by atoms with E-state index in [1.807, 2.05) is 6.92 Å². The fourth-order valence-corrected chi connectivity index (χ4v) is 4.26. The van der Waals surface area contributed by atoms with Crippen LogP contribution in [-0.4, -0.2) is 41.9 Å². The van der Waals surface area contributed by atoms with E-state index in [1.54, 1.807) is 12.4 Å². The maximum Gasteiger partial charge on any atom is 0.316 e. The average Bonchev–Trinajstić information content (AvgIpc) is 2.65. The molecular formula is C17H19F2N3O3S. The lowest BCUT2D eigenvalue weighted by molar-refractivity contribution is 0.119. The van der Waals surface area contributed by atoms with Crippen LogP contribution in [0.15, 0.2) is 35.5 Å². The van der Waals surface area contributed by atoms with Crippen LogP contribution >= 0.6 is 0 Å². The number of piperidine rings is 1. The Morgan fingerprint density at radius 3 is 2.62 bits per heavy atom. The molecule has 1 fully saturated rings. The van der Waals surface area contributed by atoms with E-state index in [1.165, 1.54) is 4.31 Å². The summed E-state index contributed by atoms with van der Waals surface area (Å²) >= 11 is 0. The average molecular weight is 383 g/mol. The highest BCUT2D eigenvalue weighted by atomic mass is 32.2. The molecule has 140 valence electrons. The number of aryl methyl sites for hydroxylation is 1. The maximum absolute atomic E-state index is 13.4. The van der Waals surface area contributed by atoms with Crippen molar-refractivity contribution >= 4 is 10.0 Å². The molecule has 0 radical (unpaired) electrons. The first-order chi connectivity index (χ1) is 12.4. The zero-order chi connectivity index (χ0) is 18.7. The molecule has 0 amide bonds. The lowest BCUT2D eigenvalue weighted by atomic mass is 10.1. The zero-order valence-electron chi connectivity index (χ0n) is 14.2. The van der Waals surface area contributed by atoms with E-state index < -0.39 is 27.8 Å². The molecule has 1 atom stereocenters. The van der Waals surface area contributed by atoms with E-state index in [0.29, 0.717) is 18.9 Å². The first-order valence-electron chi connectivity index (χ1n) is 8.33. The molecule has 1 aromatic heterocycles. The highest BCUT2D eigenvalue weighted by molar-refractivity contribution is 7.89. The largest absolute Gasteiger partial charge is 0.459 e. The van der Waals surface area contributed by atoms with Gasteiger partial charge in [-0.25, -0.2) is 27.2 Å². The minimum absolute atomic E-state index is 0.0974. The topological polar surface area (TPSA) is 72.4 Å². The van der Waals surface area contributed by atoms with Gasteiger partial charge in [0.15, 0.2) is 11.6 Å². The third kappa shape index (κ3) is 3.99. The Morgan fingerprint density at radius 2 is 1.96 bits per heavy atom. The molecule has 0 saturated carbocycles. The summed E-state index contributed by atoms with van der Waals surface area (Å²) < 4.78 is 58.8. The van der Waals surface area contributed by atoms with Crippen LogP contribution in [-0.2, 0) is 16.4 Å². The van der Waals surface area contributed by atoms with Gasteiger partial charge in [0.2, 0.25) is 10.0 Å².